The summed E-state index contributed by atoms with van der Waals surface area (Å²) in [4.78, 5) is 5.35. The molecule has 2 nitrogen and oxygen atoms in total. The molecule has 0 radical (unpaired) electrons. The smallest absolute Gasteiger partial charge is 0.0905 e. The van der Waals surface area contributed by atoms with Crippen molar-refractivity contribution in [3.05, 3.63) is 38.6 Å². The van der Waals surface area contributed by atoms with Crippen molar-refractivity contribution in [1.82, 2.24) is 4.98 Å². The van der Waals surface area contributed by atoms with Crippen LogP contribution in [-0.2, 0) is 6.61 Å². The van der Waals surface area contributed by atoms with Gasteiger partial charge in [0.1, 0.15) is 0 Å². The van der Waals surface area contributed by atoms with E-state index in [1.54, 1.807) is 11.3 Å². The first-order valence-electron chi connectivity index (χ1n) is 4.54. The summed E-state index contributed by atoms with van der Waals surface area (Å²) in [5, 5.41) is 10.2. The Bertz CT molecular complexity index is 464. The normalized spacial score (nSPS) is 10.6. The van der Waals surface area contributed by atoms with Gasteiger partial charge in [0.05, 0.1) is 22.2 Å². The molecule has 0 aliphatic rings. The Morgan fingerprint density at radius 1 is 1.33 bits per heavy atom. The molecule has 0 aliphatic heterocycles. The van der Waals surface area contributed by atoms with Crippen molar-refractivity contribution in [2.75, 3.05) is 0 Å². The molecule has 0 atom stereocenters. The maximum atomic E-state index is 9.21. The highest BCUT2D eigenvalue weighted by atomic mass is 79.9. The van der Waals surface area contributed by atoms with Gasteiger partial charge < -0.3 is 5.11 Å². The van der Waals surface area contributed by atoms with Crippen LogP contribution in [0.4, 0.5) is 0 Å². The summed E-state index contributed by atoms with van der Waals surface area (Å²) in [5.41, 5.74) is 1.94. The van der Waals surface area contributed by atoms with Crippen LogP contribution in [0.3, 0.4) is 0 Å². The number of halogens is 1. The standard InChI is InChI=1S/C11H10BrNOS/c1-7-13-11(10(6-14)15-7)8-2-4-9(12)5-3-8/h2-5,14H,6H2,1H3. The third-order valence-corrected chi connectivity index (χ3v) is 3.55. The van der Waals surface area contributed by atoms with Crippen molar-refractivity contribution in [2.45, 2.75) is 13.5 Å². The second kappa shape index (κ2) is 4.43. The van der Waals surface area contributed by atoms with Crippen LogP contribution in [0.25, 0.3) is 11.3 Å². The number of aliphatic hydroxyl groups is 1. The van der Waals surface area contributed by atoms with Gasteiger partial charge in [-0.1, -0.05) is 28.1 Å². The van der Waals surface area contributed by atoms with E-state index in [4.69, 9.17) is 0 Å². The molecule has 0 bridgehead atoms. The van der Waals surface area contributed by atoms with Crippen LogP contribution in [0, 0.1) is 6.92 Å². The Balaban J connectivity index is 2.48. The lowest BCUT2D eigenvalue weighted by molar-refractivity contribution is 0.286. The minimum Gasteiger partial charge on any atom is -0.391 e. The van der Waals surface area contributed by atoms with E-state index in [-0.39, 0.29) is 6.61 Å². The van der Waals surface area contributed by atoms with Gasteiger partial charge in [-0.15, -0.1) is 11.3 Å². The van der Waals surface area contributed by atoms with E-state index in [1.807, 2.05) is 31.2 Å². The molecule has 0 unspecified atom stereocenters. The second-order valence-electron chi connectivity index (χ2n) is 3.17. The SMILES string of the molecule is Cc1nc(-c2ccc(Br)cc2)c(CO)s1. The highest BCUT2D eigenvalue weighted by Crippen LogP contribution is 2.28. The number of aryl methyl sites for hydroxylation is 1. The predicted molar refractivity (Wildman–Crippen MR) is 65.9 cm³/mol. The van der Waals surface area contributed by atoms with Crippen LogP contribution < -0.4 is 0 Å². The molecule has 78 valence electrons. The highest BCUT2D eigenvalue weighted by molar-refractivity contribution is 9.10. The number of hydrogen-bond acceptors (Lipinski definition) is 3. The van der Waals surface area contributed by atoms with E-state index < -0.39 is 0 Å². The van der Waals surface area contributed by atoms with Gasteiger partial charge in [-0.05, 0) is 19.1 Å². The molecule has 2 aromatic rings. The van der Waals surface area contributed by atoms with E-state index in [0.717, 1.165) is 25.6 Å². The maximum Gasteiger partial charge on any atom is 0.0905 e. The van der Waals surface area contributed by atoms with E-state index >= 15 is 0 Å². The Morgan fingerprint density at radius 3 is 2.60 bits per heavy atom. The minimum absolute atomic E-state index is 0.0525. The first-order valence-corrected chi connectivity index (χ1v) is 6.15. The van der Waals surface area contributed by atoms with Crippen LogP contribution in [0.15, 0.2) is 28.7 Å². The monoisotopic (exact) mass is 283 g/mol. The van der Waals surface area contributed by atoms with Gasteiger partial charge in [-0.2, -0.15) is 0 Å². The molecular formula is C11H10BrNOS. The number of aromatic nitrogens is 1. The number of benzene rings is 1. The Kier molecular flexibility index (Phi) is 3.19. The van der Waals surface area contributed by atoms with Crippen molar-refractivity contribution < 1.29 is 5.11 Å². The summed E-state index contributed by atoms with van der Waals surface area (Å²) in [6.07, 6.45) is 0. The molecule has 2 rings (SSSR count). The van der Waals surface area contributed by atoms with Gasteiger partial charge >= 0.3 is 0 Å². The van der Waals surface area contributed by atoms with Gasteiger partial charge in [0.15, 0.2) is 0 Å². The van der Waals surface area contributed by atoms with Crippen LogP contribution in [0.2, 0.25) is 0 Å². The van der Waals surface area contributed by atoms with Crippen LogP contribution >= 0.6 is 27.3 Å². The fourth-order valence-corrected chi connectivity index (χ4v) is 2.49. The summed E-state index contributed by atoms with van der Waals surface area (Å²) in [6.45, 7) is 2.00. The molecule has 0 fully saturated rings. The summed E-state index contributed by atoms with van der Waals surface area (Å²) < 4.78 is 1.05. The Labute approximate surface area is 101 Å². The third-order valence-electron chi connectivity index (χ3n) is 2.07. The van der Waals surface area contributed by atoms with Crippen molar-refractivity contribution in [1.29, 1.82) is 0 Å². The van der Waals surface area contributed by atoms with Gasteiger partial charge in [-0.3, -0.25) is 0 Å². The third kappa shape index (κ3) is 2.27. The summed E-state index contributed by atoms with van der Waals surface area (Å²) in [7, 11) is 0. The fraction of sp³-hybridized carbons (Fsp3) is 0.182. The molecule has 1 N–H and O–H groups in total. The molecular weight excluding hydrogens is 274 g/mol. The van der Waals surface area contributed by atoms with Crippen LogP contribution in [-0.4, -0.2) is 10.1 Å². The van der Waals surface area contributed by atoms with Crippen LogP contribution in [0.1, 0.15) is 9.88 Å². The number of hydrogen-bond donors (Lipinski definition) is 1. The van der Waals surface area contributed by atoms with Crippen molar-refractivity contribution in [2.24, 2.45) is 0 Å². The molecule has 4 heteroatoms. The van der Waals surface area contributed by atoms with Crippen molar-refractivity contribution in [3.8, 4) is 11.3 Å². The zero-order chi connectivity index (χ0) is 10.8. The molecule has 0 aliphatic carbocycles. The van der Waals surface area contributed by atoms with Crippen LogP contribution in [0.5, 0.6) is 0 Å². The molecule has 1 aromatic heterocycles. The predicted octanol–water partition coefficient (Wildman–Crippen LogP) is 3.37. The lowest BCUT2D eigenvalue weighted by Gasteiger charge is -1.99. The summed E-state index contributed by atoms with van der Waals surface area (Å²) in [5.74, 6) is 0. The molecule has 1 aromatic carbocycles. The zero-order valence-electron chi connectivity index (χ0n) is 8.20. The molecule has 1 heterocycles. The summed E-state index contributed by atoms with van der Waals surface area (Å²) >= 11 is 4.93. The van der Waals surface area contributed by atoms with E-state index in [1.165, 1.54) is 0 Å². The Hall–Kier alpha value is -0.710. The Morgan fingerprint density at radius 2 is 2.00 bits per heavy atom. The number of rotatable bonds is 2. The largest absolute Gasteiger partial charge is 0.391 e. The second-order valence-corrected chi connectivity index (χ2v) is 5.37. The molecule has 0 saturated carbocycles. The minimum atomic E-state index is 0.0525. The fourth-order valence-electron chi connectivity index (χ4n) is 1.41. The van der Waals surface area contributed by atoms with E-state index in [0.29, 0.717) is 0 Å². The van der Waals surface area contributed by atoms with Crippen molar-refractivity contribution in [3.63, 3.8) is 0 Å². The van der Waals surface area contributed by atoms with Gasteiger partial charge in [0.2, 0.25) is 0 Å². The lowest BCUT2D eigenvalue weighted by atomic mass is 10.1. The summed E-state index contributed by atoms with van der Waals surface area (Å²) in [6, 6.07) is 7.95. The average molecular weight is 284 g/mol. The van der Waals surface area contributed by atoms with Gasteiger partial charge in [0, 0.05) is 10.0 Å². The maximum absolute atomic E-state index is 9.21. The molecule has 15 heavy (non-hydrogen) atoms. The topological polar surface area (TPSA) is 33.1 Å². The first-order chi connectivity index (χ1) is 7.20. The lowest BCUT2D eigenvalue weighted by Crippen LogP contribution is -1.84. The number of nitrogens with zero attached hydrogens (tertiary/aromatic N) is 1. The number of thiazole rings is 1. The average Bonchev–Trinajstić information content (AvgIpc) is 2.61. The quantitative estimate of drug-likeness (QED) is 0.917. The van der Waals surface area contributed by atoms with Gasteiger partial charge in [0.25, 0.3) is 0 Å². The van der Waals surface area contributed by atoms with Gasteiger partial charge in [-0.25, -0.2) is 4.98 Å². The van der Waals surface area contributed by atoms with Crippen molar-refractivity contribution >= 4 is 27.3 Å². The molecule has 0 saturated heterocycles. The van der Waals surface area contributed by atoms with E-state index in [2.05, 4.69) is 20.9 Å². The molecule has 0 spiro atoms. The molecule has 0 amide bonds. The van der Waals surface area contributed by atoms with E-state index in [9.17, 15) is 5.11 Å². The zero-order valence-corrected chi connectivity index (χ0v) is 10.6. The first kappa shape index (κ1) is 10.8. The highest BCUT2D eigenvalue weighted by Gasteiger charge is 2.09. The number of aliphatic hydroxyl groups excluding tert-OH is 1.